The van der Waals surface area contributed by atoms with Crippen LogP contribution in [0.5, 0.6) is 0 Å². The average molecular weight is 315 g/mol. The lowest BCUT2D eigenvalue weighted by Gasteiger charge is -2.26. The predicted octanol–water partition coefficient (Wildman–Crippen LogP) is 4.50. The van der Waals surface area contributed by atoms with Crippen molar-refractivity contribution in [2.75, 3.05) is 13.7 Å². The van der Waals surface area contributed by atoms with E-state index in [0.717, 1.165) is 12.2 Å². The molecule has 0 saturated heterocycles. The molecule has 0 bridgehead atoms. The van der Waals surface area contributed by atoms with Crippen molar-refractivity contribution in [3.63, 3.8) is 0 Å². The lowest BCUT2D eigenvalue weighted by atomic mass is 10.1. The molecule has 0 saturated carbocycles. The van der Waals surface area contributed by atoms with Gasteiger partial charge >= 0.3 is 0 Å². The summed E-state index contributed by atoms with van der Waals surface area (Å²) in [6.07, 6.45) is 4.13. The van der Waals surface area contributed by atoms with Gasteiger partial charge in [-0.3, -0.25) is 4.98 Å². The number of rotatable bonds is 3. The van der Waals surface area contributed by atoms with Crippen LogP contribution in [0.2, 0.25) is 0 Å². The molecule has 2 aromatic carbocycles. The van der Waals surface area contributed by atoms with Gasteiger partial charge in [0.15, 0.2) is 0 Å². The number of pyridine rings is 1. The van der Waals surface area contributed by atoms with Gasteiger partial charge in [0.2, 0.25) is 0 Å². The third-order valence-corrected chi connectivity index (χ3v) is 4.78. The van der Waals surface area contributed by atoms with Crippen molar-refractivity contribution in [3.05, 3.63) is 84.2 Å². The number of nitrogens with zero attached hydrogens (tertiary/aromatic N) is 3. The fourth-order valence-electron chi connectivity index (χ4n) is 3.38. The van der Waals surface area contributed by atoms with Crippen molar-refractivity contribution in [2.45, 2.75) is 13.0 Å². The molecule has 0 N–H and O–H groups in total. The van der Waals surface area contributed by atoms with Gasteiger partial charge in [-0.15, -0.1) is 0 Å². The quantitative estimate of drug-likeness (QED) is 0.709. The number of fused-ring (bicyclic) bond motifs is 1. The molecule has 1 unspecified atom stereocenters. The van der Waals surface area contributed by atoms with Gasteiger partial charge in [0.05, 0.1) is 23.9 Å². The lowest BCUT2D eigenvalue weighted by molar-refractivity contribution is 0.247. The minimum absolute atomic E-state index is 0.347. The van der Waals surface area contributed by atoms with Crippen LogP contribution < -0.4 is 0 Å². The maximum Gasteiger partial charge on any atom is 0.0902 e. The molecule has 1 aliphatic heterocycles. The van der Waals surface area contributed by atoms with E-state index in [1.807, 2.05) is 12.3 Å². The number of benzene rings is 2. The van der Waals surface area contributed by atoms with Gasteiger partial charge in [-0.2, -0.15) is 0 Å². The summed E-state index contributed by atoms with van der Waals surface area (Å²) in [6.45, 7) is 3.15. The van der Waals surface area contributed by atoms with Crippen LogP contribution in [0.1, 0.15) is 24.1 Å². The Balaban J connectivity index is 1.72. The highest BCUT2D eigenvalue weighted by atomic mass is 15.4. The first-order chi connectivity index (χ1) is 11.7. The zero-order chi connectivity index (χ0) is 16.5. The fourth-order valence-corrected chi connectivity index (χ4v) is 3.38. The Morgan fingerprint density at radius 2 is 1.79 bits per heavy atom. The van der Waals surface area contributed by atoms with E-state index in [1.165, 1.54) is 22.2 Å². The molecule has 2 heterocycles. The van der Waals surface area contributed by atoms with Gasteiger partial charge in [0.1, 0.15) is 0 Å². The zero-order valence-corrected chi connectivity index (χ0v) is 14.1. The van der Waals surface area contributed by atoms with E-state index in [9.17, 15) is 0 Å². The highest BCUT2D eigenvalue weighted by molar-refractivity contribution is 5.91. The van der Waals surface area contributed by atoms with Crippen LogP contribution in [0.15, 0.2) is 73.1 Å². The third kappa shape index (κ3) is 2.52. The second-order valence-electron chi connectivity index (χ2n) is 6.33. The number of aromatic nitrogens is 1. The molecular formula is C21H21N3. The maximum absolute atomic E-state index is 4.48. The van der Waals surface area contributed by atoms with Crippen molar-refractivity contribution in [3.8, 4) is 0 Å². The summed E-state index contributed by atoms with van der Waals surface area (Å²) in [5, 5.41) is 1.20. The summed E-state index contributed by atoms with van der Waals surface area (Å²) in [6, 6.07) is 21.5. The predicted molar refractivity (Wildman–Crippen MR) is 99.0 cm³/mol. The first-order valence-corrected chi connectivity index (χ1v) is 8.32. The second-order valence-corrected chi connectivity index (χ2v) is 6.33. The molecule has 4 rings (SSSR count). The Morgan fingerprint density at radius 3 is 2.62 bits per heavy atom. The molecule has 120 valence electrons. The lowest BCUT2D eigenvalue weighted by Crippen LogP contribution is -2.25. The summed E-state index contributed by atoms with van der Waals surface area (Å²) in [7, 11) is 2.15. The zero-order valence-electron chi connectivity index (χ0n) is 14.1. The minimum atomic E-state index is 0.347. The van der Waals surface area contributed by atoms with Crippen LogP contribution in [0.25, 0.3) is 16.6 Å². The molecule has 0 radical (unpaired) electrons. The first kappa shape index (κ1) is 14.8. The van der Waals surface area contributed by atoms with E-state index < -0.39 is 0 Å². The Kier molecular flexibility index (Phi) is 3.69. The van der Waals surface area contributed by atoms with Crippen LogP contribution in [0.3, 0.4) is 0 Å². The maximum atomic E-state index is 4.48. The fraction of sp³-hybridized carbons (Fsp3) is 0.190. The molecule has 0 fully saturated rings. The van der Waals surface area contributed by atoms with Gasteiger partial charge in [-0.25, -0.2) is 0 Å². The van der Waals surface area contributed by atoms with E-state index >= 15 is 0 Å². The summed E-state index contributed by atoms with van der Waals surface area (Å²) in [5.41, 5.74) is 4.86. The van der Waals surface area contributed by atoms with Crippen molar-refractivity contribution in [1.29, 1.82) is 0 Å². The Labute approximate surface area is 142 Å². The van der Waals surface area contributed by atoms with E-state index in [2.05, 4.69) is 89.6 Å². The monoisotopic (exact) mass is 315 g/mol. The number of hydrogen-bond acceptors (Lipinski definition) is 3. The molecule has 3 nitrogen and oxygen atoms in total. The van der Waals surface area contributed by atoms with E-state index in [4.69, 9.17) is 0 Å². The molecule has 0 aliphatic carbocycles. The molecule has 1 aliphatic rings. The van der Waals surface area contributed by atoms with E-state index in [1.54, 1.807) is 0 Å². The topological polar surface area (TPSA) is 19.4 Å². The summed E-state index contributed by atoms with van der Waals surface area (Å²) < 4.78 is 0. The summed E-state index contributed by atoms with van der Waals surface area (Å²) in [5.74, 6) is 0. The van der Waals surface area contributed by atoms with Crippen molar-refractivity contribution in [2.24, 2.45) is 0 Å². The van der Waals surface area contributed by atoms with E-state index in [-0.39, 0.29) is 0 Å². The highest BCUT2D eigenvalue weighted by Crippen LogP contribution is 2.33. The average Bonchev–Trinajstić information content (AvgIpc) is 3.03. The molecular weight excluding hydrogens is 294 g/mol. The molecule has 24 heavy (non-hydrogen) atoms. The third-order valence-electron chi connectivity index (χ3n) is 4.78. The van der Waals surface area contributed by atoms with Gasteiger partial charge in [0.25, 0.3) is 0 Å². The number of hydrogen-bond donors (Lipinski definition) is 0. The van der Waals surface area contributed by atoms with Crippen molar-refractivity contribution in [1.82, 2.24) is 14.8 Å². The van der Waals surface area contributed by atoms with Crippen molar-refractivity contribution >= 4 is 16.6 Å². The molecule has 0 spiro atoms. The van der Waals surface area contributed by atoms with Gasteiger partial charge < -0.3 is 9.80 Å². The molecule has 0 amide bonds. The van der Waals surface area contributed by atoms with Crippen LogP contribution >= 0.6 is 0 Å². The van der Waals surface area contributed by atoms with Crippen LogP contribution in [-0.2, 0) is 0 Å². The van der Waals surface area contributed by atoms with Gasteiger partial charge in [0, 0.05) is 30.4 Å². The molecule has 3 aromatic rings. The Bertz CT molecular complexity index is 880. The second kappa shape index (κ2) is 6.00. The SMILES string of the molecule is CC(c1ccccc1)N1C=C(c2cccc3ncccc23)N(C)C1. The van der Waals surface area contributed by atoms with Crippen LogP contribution in [0, 0.1) is 0 Å². The van der Waals surface area contributed by atoms with Gasteiger partial charge in [-0.1, -0.05) is 48.5 Å². The van der Waals surface area contributed by atoms with E-state index in [0.29, 0.717) is 6.04 Å². The molecule has 1 atom stereocenters. The highest BCUT2D eigenvalue weighted by Gasteiger charge is 2.24. The summed E-state index contributed by atoms with van der Waals surface area (Å²) >= 11 is 0. The normalized spacial score (nSPS) is 15.7. The van der Waals surface area contributed by atoms with Crippen LogP contribution in [-0.4, -0.2) is 28.5 Å². The van der Waals surface area contributed by atoms with Gasteiger partial charge in [-0.05, 0) is 24.6 Å². The largest absolute Gasteiger partial charge is 0.355 e. The molecule has 3 heteroatoms. The minimum Gasteiger partial charge on any atom is -0.355 e. The Hall–Kier alpha value is -2.81. The summed E-state index contributed by atoms with van der Waals surface area (Å²) in [4.78, 5) is 9.18. The smallest absolute Gasteiger partial charge is 0.0902 e. The van der Waals surface area contributed by atoms with Crippen LogP contribution in [0.4, 0.5) is 0 Å². The Morgan fingerprint density at radius 1 is 0.958 bits per heavy atom. The first-order valence-electron chi connectivity index (χ1n) is 8.32. The molecule has 1 aromatic heterocycles. The van der Waals surface area contributed by atoms with Crippen molar-refractivity contribution < 1.29 is 0 Å². The standard InChI is InChI=1S/C21H21N3/c1-16(17-8-4-3-5-9-17)24-14-21(23(2)15-24)19-10-6-12-20-18(19)11-7-13-22-20/h3-14,16H,15H2,1-2H3.